The zero-order valence-corrected chi connectivity index (χ0v) is 52.0. The van der Waals surface area contributed by atoms with Gasteiger partial charge in [-0.05, 0) is 67.3 Å². The number of aromatic amines is 1. The highest BCUT2D eigenvalue weighted by Crippen LogP contribution is 2.33. The van der Waals surface area contributed by atoms with E-state index in [-0.39, 0.29) is 63.9 Å². The number of nitrogens with zero attached hydrogens (tertiary/aromatic N) is 2. The highest BCUT2D eigenvalue weighted by Gasteiger charge is 2.42. The number of rotatable bonds is 17. The highest BCUT2D eigenvalue weighted by atomic mass is 32.2. The van der Waals surface area contributed by atoms with Crippen molar-refractivity contribution < 1.29 is 77.6 Å². The number of likely N-dealkylation sites (tertiary alicyclic amines) is 1. The van der Waals surface area contributed by atoms with Crippen molar-refractivity contribution in [2.75, 3.05) is 50.4 Å². The van der Waals surface area contributed by atoms with Crippen molar-refractivity contribution in [2.24, 2.45) is 17.8 Å². The number of benzene rings is 2. The van der Waals surface area contributed by atoms with Crippen LogP contribution >= 0.6 is 24.4 Å². The van der Waals surface area contributed by atoms with Gasteiger partial charge in [-0.25, -0.2) is 0 Å². The van der Waals surface area contributed by atoms with Crippen LogP contribution in [0.2, 0.25) is 0 Å². The number of fused-ring (bicyclic) bond motifs is 5. The number of H-pyrrole nitrogens is 1. The lowest BCUT2D eigenvalue weighted by atomic mass is 9.83. The third-order valence-electron chi connectivity index (χ3n) is 16.5. The molecule has 7 rings (SSSR count). The largest absolute Gasteiger partial charge is 0.394 e. The Kier molecular flexibility index (Phi) is 24.7. The average molecular weight is 1290 g/mol. The van der Waals surface area contributed by atoms with Crippen molar-refractivity contribution >= 4 is 118 Å². The number of carbonyl (C=O) groups excluding carboxylic acids is 13. The minimum atomic E-state index is -1.65. The molecule has 90 heavy (non-hydrogen) atoms. The van der Waals surface area contributed by atoms with E-state index in [1.807, 2.05) is 0 Å². The van der Waals surface area contributed by atoms with Gasteiger partial charge in [0.1, 0.15) is 30.2 Å². The molecule has 13 amide bonds. The molecule has 1 aromatic heterocycles. The van der Waals surface area contributed by atoms with E-state index in [4.69, 9.17) is 0 Å². The van der Waals surface area contributed by atoms with Crippen molar-refractivity contribution in [1.29, 1.82) is 0 Å². The Labute approximate surface area is 528 Å². The van der Waals surface area contributed by atoms with Crippen molar-refractivity contribution in [3.8, 4) is 0 Å². The lowest BCUT2D eigenvalue weighted by Gasteiger charge is -2.32. The summed E-state index contributed by atoms with van der Waals surface area (Å²) >= 11 is 5.09. The summed E-state index contributed by atoms with van der Waals surface area (Å²) in [6, 6.07) is 5.65. The molecule has 4 aliphatic rings. The lowest BCUT2D eigenvalue weighted by molar-refractivity contribution is -0.140. The molecule has 11 unspecified atom stereocenters. The number of anilines is 1. The van der Waals surface area contributed by atoms with E-state index >= 15 is 4.79 Å². The summed E-state index contributed by atoms with van der Waals surface area (Å²) in [5.74, 6) is -12.0. The SMILES string of the molecule is CCC(C)C1NC(=O)CNC(=O)C2Cc3c([nH]c4ccccc34)SCC(NC(=O)CNC1=O)C(=O)NC(CC(=O)NCc1ccc(NC(=O)[C@H](C)NC(=O)CNC(=O)CCN3C(=O)CC(S)C3=O)cc1)C(=O)N1CC(O)CC1CCC(C(C)C(O)CO)C(=O)N2. The van der Waals surface area contributed by atoms with E-state index in [9.17, 15) is 72.9 Å². The Morgan fingerprint density at radius 3 is 2.17 bits per heavy atom. The number of aromatic nitrogens is 1. The van der Waals surface area contributed by atoms with Gasteiger partial charge in [-0.3, -0.25) is 67.2 Å². The molecule has 0 radical (unpaired) electrons. The van der Waals surface area contributed by atoms with E-state index in [1.54, 1.807) is 50.2 Å². The lowest BCUT2D eigenvalue weighted by Crippen LogP contribution is -2.58. The summed E-state index contributed by atoms with van der Waals surface area (Å²) in [6.07, 6.45) is -3.37. The Bertz CT molecular complexity index is 3200. The van der Waals surface area contributed by atoms with Gasteiger partial charge in [-0.1, -0.05) is 57.5 Å². The van der Waals surface area contributed by atoms with Gasteiger partial charge in [-0.2, -0.15) is 12.6 Å². The molecule has 5 heterocycles. The second-order valence-electron chi connectivity index (χ2n) is 23.0. The summed E-state index contributed by atoms with van der Waals surface area (Å²) in [6.45, 7) is 3.38. The molecule has 0 saturated carbocycles. The number of para-hydroxylation sites is 1. The van der Waals surface area contributed by atoms with Gasteiger partial charge in [0, 0.05) is 73.2 Å². The number of aliphatic hydroxyl groups excluding tert-OH is 3. The number of thiol groups is 1. The summed E-state index contributed by atoms with van der Waals surface area (Å²) in [5, 5.41) is 58.7. The fourth-order valence-corrected chi connectivity index (χ4v) is 12.4. The normalized spacial score (nSPS) is 24.8. The van der Waals surface area contributed by atoms with E-state index in [0.29, 0.717) is 39.2 Å². The van der Waals surface area contributed by atoms with E-state index < -0.39 is 181 Å². The molecule has 0 spiro atoms. The Hall–Kier alpha value is -8.13. The third-order valence-corrected chi connectivity index (χ3v) is 18.0. The van der Waals surface area contributed by atoms with E-state index in [1.165, 1.54) is 30.9 Å². The molecule has 3 aromatic rings. The first kappa shape index (κ1) is 69.3. The van der Waals surface area contributed by atoms with Gasteiger partial charge >= 0.3 is 0 Å². The van der Waals surface area contributed by atoms with Crippen LogP contribution in [0.5, 0.6) is 0 Å². The van der Waals surface area contributed by atoms with E-state index in [2.05, 4.69) is 70.8 Å². The number of aliphatic hydroxyl groups is 3. The Balaban J connectivity index is 1.11. The summed E-state index contributed by atoms with van der Waals surface area (Å²) in [4.78, 5) is 182. The zero-order valence-electron chi connectivity index (χ0n) is 50.3. The van der Waals surface area contributed by atoms with Crippen LogP contribution in [0.15, 0.2) is 53.6 Å². The van der Waals surface area contributed by atoms with Gasteiger partial charge in [0.15, 0.2) is 0 Å². The molecule has 2 saturated heterocycles. The van der Waals surface area contributed by atoms with Crippen molar-refractivity contribution in [3.63, 3.8) is 0 Å². The van der Waals surface area contributed by atoms with Crippen LogP contribution in [0.4, 0.5) is 5.69 Å². The topological polar surface area (TPSA) is 425 Å². The third kappa shape index (κ3) is 18.5. The molecule has 31 heteroatoms. The number of imide groups is 1. The molecule has 0 aliphatic carbocycles. The molecule has 14 N–H and O–H groups in total. The molecule has 4 aliphatic heterocycles. The Morgan fingerprint density at radius 1 is 0.778 bits per heavy atom. The molecular formula is C59H79N13O16S2. The van der Waals surface area contributed by atoms with Crippen LogP contribution in [-0.4, -0.2) is 206 Å². The Morgan fingerprint density at radius 2 is 1.48 bits per heavy atom. The first-order chi connectivity index (χ1) is 42.8. The van der Waals surface area contributed by atoms with Crippen molar-refractivity contribution in [3.05, 3.63) is 59.7 Å². The maximum Gasteiger partial charge on any atom is 0.246 e. The van der Waals surface area contributed by atoms with Gasteiger partial charge in [0.25, 0.3) is 0 Å². The van der Waals surface area contributed by atoms with Crippen LogP contribution in [0, 0.1) is 17.8 Å². The van der Waals surface area contributed by atoms with Gasteiger partial charge in [0.2, 0.25) is 76.8 Å². The molecule has 2 fully saturated rings. The predicted octanol–water partition coefficient (Wildman–Crippen LogP) is -2.89. The van der Waals surface area contributed by atoms with Crippen LogP contribution in [0.25, 0.3) is 10.9 Å². The number of amides is 13. The summed E-state index contributed by atoms with van der Waals surface area (Å²) in [7, 11) is 0. The highest BCUT2D eigenvalue weighted by molar-refractivity contribution is 7.99. The maximum absolute atomic E-state index is 15.0. The first-order valence-corrected chi connectivity index (χ1v) is 31.3. The molecule has 2 aromatic carbocycles. The second-order valence-corrected chi connectivity index (χ2v) is 24.7. The number of carbonyl (C=O) groups is 13. The monoisotopic (exact) mass is 1290 g/mol. The van der Waals surface area contributed by atoms with Crippen LogP contribution in [-0.2, 0) is 75.3 Å². The summed E-state index contributed by atoms with van der Waals surface area (Å²) in [5.41, 5.74) is 1.92. The molecule has 29 nitrogen and oxygen atoms in total. The molecule has 2 bridgehead atoms. The van der Waals surface area contributed by atoms with Gasteiger partial charge in [0.05, 0.1) is 55.1 Å². The van der Waals surface area contributed by atoms with Crippen LogP contribution in [0.1, 0.15) is 83.8 Å². The smallest absolute Gasteiger partial charge is 0.246 e. The van der Waals surface area contributed by atoms with E-state index in [0.717, 1.165) is 16.7 Å². The fraction of sp³-hybridized carbons (Fsp3) is 0.542. The van der Waals surface area contributed by atoms with Gasteiger partial charge < -0.3 is 78.4 Å². The first-order valence-electron chi connectivity index (χ1n) is 29.8. The zero-order chi connectivity index (χ0) is 65.5. The maximum atomic E-state index is 15.0. The van der Waals surface area contributed by atoms with Crippen LogP contribution in [0.3, 0.4) is 0 Å². The molecule has 12 atom stereocenters. The van der Waals surface area contributed by atoms with Crippen molar-refractivity contribution in [1.82, 2.24) is 62.6 Å². The van der Waals surface area contributed by atoms with Crippen LogP contribution < -0.4 is 53.2 Å². The molecule has 488 valence electrons. The second kappa shape index (κ2) is 32.1. The summed E-state index contributed by atoms with van der Waals surface area (Å²) < 4.78 is 0. The minimum absolute atomic E-state index is 0.00304. The number of hydrogen-bond acceptors (Lipinski definition) is 18. The van der Waals surface area contributed by atoms with Gasteiger partial charge in [-0.15, -0.1) is 11.8 Å². The number of hydrogen-bond donors (Lipinski definition) is 15. The predicted molar refractivity (Wildman–Crippen MR) is 328 cm³/mol. The molecular weight excluding hydrogens is 1210 g/mol. The fourth-order valence-electron chi connectivity index (χ4n) is 11.0. The standard InChI is InChI=1S/C59H79N13O16S2/c1-5-29(2)51-56(86)63-24-48(79)66-42-28-90-57-38(37-8-6-7-9-39(37)69-57)19-40(54(84)62-25-49(80)70-51)67-53(83)36(30(3)43(75)27-73)15-14-34-18-35(74)26-72(34)58(87)41(68-55(42)85)20-46(77)60-22-32-10-12-33(13-11-32)65-52(82)31(4)64-47(78)23-61-45(76)16-17-71-50(81)21-44(89)59(71)88/h6-13,29-31,34-36,40-44,51,69,73-75,89H,5,14-28H2,1-4H3,(H,60,77)(H,61,76)(H,62,84)(H,63,86)(H,64,78)(H,65,82)(H,66,79)(H,67,83)(H,68,85)(H,70,80)/t29?,30?,31-,34?,35?,36?,40?,41?,42?,43?,44?,51?/m0/s1. The average Bonchev–Trinajstić information content (AvgIpc) is 1.78. The number of nitrogens with one attached hydrogen (secondary N) is 11. The number of thioether (sulfide) groups is 1. The van der Waals surface area contributed by atoms with Crippen molar-refractivity contribution in [2.45, 2.75) is 144 Å². The quantitative estimate of drug-likeness (QED) is 0.0476. The minimum Gasteiger partial charge on any atom is -0.394 e.